The minimum absolute atomic E-state index is 0.206. The number of rotatable bonds is 5. The lowest BCUT2D eigenvalue weighted by atomic mass is 10.0. The van der Waals surface area contributed by atoms with Crippen molar-refractivity contribution in [1.29, 1.82) is 0 Å². The predicted molar refractivity (Wildman–Crippen MR) is 77.3 cm³/mol. The van der Waals surface area contributed by atoms with Gasteiger partial charge in [-0.3, -0.25) is 0 Å². The normalized spacial score (nSPS) is 29.8. The quantitative estimate of drug-likeness (QED) is 0.605. The van der Waals surface area contributed by atoms with Crippen LogP contribution in [-0.2, 0) is 14.2 Å². The first-order valence-corrected chi connectivity index (χ1v) is 7.42. The fourth-order valence-corrected chi connectivity index (χ4v) is 2.51. The van der Waals surface area contributed by atoms with Crippen molar-refractivity contribution in [2.24, 2.45) is 5.92 Å². The Morgan fingerprint density at radius 2 is 1.65 bits per heavy atom. The van der Waals surface area contributed by atoms with Crippen molar-refractivity contribution in [2.45, 2.75) is 32.2 Å². The van der Waals surface area contributed by atoms with Gasteiger partial charge in [-0.25, -0.2) is 0 Å². The molecule has 0 aliphatic carbocycles. The van der Waals surface area contributed by atoms with Crippen molar-refractivity contribution in [1.82, 2.24) is 0 Å². The van der Waals surface area contributed by atoms with E-state index >= 15 is 0 Å². The summed E-state index contributed by atoms with van der Waals surface area (Å²) in [6.45, 7) is 4.48. The maximum absolute atomic E-state index is 5.85. The zero-order chi connectivity index (χ0) is 13.8. The Morgan fingerprint density at radius 3 is 2.25 bits per heavy atom. The molecule has 108 valence electrons. The van der Waals surface area contributed by atoms with Gasteiger partial charge in [0.1, 0.15) is 6.10 Å². The Labute approximate surface area is 120 Å². The summed E-state index contributed by atoms with van der Waals surface area (Å²) < 4.78 is 17.0. The van der Waals surface area contributed by atoms with Crippen LogP contribution in [0.25, 0.3) is 0 Å². The number of ether oxygens (including phenoxy) is 3. The van der Waals surface area contributed by atoms with Gasteiger partial charge in [-0.1, -0.05) is 36.4 Å². The molecular weight excluding hydrogens is 252 g/mol. The van der Waals surface area contributed by atoms with E-state index < -0.39 is 0 Å². The summed E-state index contributed by atoms with van der Waals surface area (Å²) in [5.74, 6) is 0.515. The summed E-state index contributed by atoms with van der Waals surface area (Å²) >= 11 is 0. The maximum atomic E-state index is 5.85. The Bertz CT molecular complexity index is 440. The topological polar surface area (TPSA) is 31.0 Å². The summed E-state index contributed by atoms with van der Waals surface area (Å²) in [7, 11) is 0. The van der Waals surface area contributed by atoms with E-state index in [0.717, 1.165) is 38.2 Å². The molecule has 2 aliphatic rings. The van der Waals surface area contributed by atoms with Gasteiger partial charge in [-0.15, -0.1) is 0 Å². The molecule has 0 amide bonds. The van der Waals surface area contributed by atoms with Gasteiger partial charge in [0, 0.05) is 11.5 Å². The SMILES string of the molecule is C/C=C/CCC1COC(c2ccc(C3CO3)cc2)OC1. The largest absolute Gasteiger partial charge is 0.368 e. The second kappa shape index (κ2) is 6.53. The molecule has 3 rings (SSSR count). The van der Waals surface area contributed by atoms with Crippen LogP contribution < -0.4 is 0 Å². The number of allylic oxidation sites excluding steroid dienone is 2. The highest BCUT2D eigenvalue weighted by Gasteiger charge is 2.26. The average molecular weight is 274 g/mol. The van der Waals surface area contributed by atoms with Crippen molar-refractivity contribution in [2.75, 3.05) is 19.8 Å². The molecule has 2 fully saturated rings. The van der Waals surface area contributed by atoms with Crippen molar-refractivity contribution < 1.29 is 14.2 Å². The van der Waals surface area contributed by atoms with Crippen LogP contribution in [0.2, 0.25) is 0 Å². The third-order valence-electron chi connectivity index (χ3n) is 3.86. The average Bonchev–Trinajstić information content (AvgIpc) is 3.33. The minimum Gasteiger partial charge on any atom is -0.368 e. The van der Waals surface area contributed by atoms with Crippen LogP contribution >= 0.6 is 0 Å². The van der Waals surface area contributed by atoms with Gasteiger partial charge in [-0.05, 0) is 25.3 Å². The highest BCUT2D eigenvalue weighted by Crippen LogP contribution is 2.32. The molecule has 0 saturated carbocycles. The molecule has 2 heterocycles. The van der Waals surface area contributed by atoms with Gasteiger partial charge in [0.05, 0.1) is 19.8 Å². The molecule has 0 aromatic heterocycles. The summed E-state index contributed by atoms with van der Waals surface area (Å²) in [4.78, 5) is 0. The monoisotopic (exact) mass is 274 g/mol. The highest BCUT2D eigenvalue weighted by atomic mass is 16.7. The molecule has 3 nitrogen and oxygen atoms in total. The first-order valence-electron chi connectivity index (χ1n) is 7.42. The zero-order valence-electron chi connectivity index (χ0n) is 12.0. The predicted octanol–water partition coefficient (Wildman–Crippen LogP) is 3.78. The maximum Gasteiger partial charge on any atom is 0.183 e. The molecule has 1 atom stereocenters. The Hall–Kier alpha value is -1.16. The van der Waals surface area contributed by atoms with E-state index in [1.165, 1.54) is 5.56 Å². The van der Waals surface area contributed by atoms with E-state index in [0.29, 0.717) is 12.0 Å². The van der Waals surface area contributed by atoms with Crippen LogP contribution in [0.3, 0.4) is 0 Å². The van der Waals surface area contributed by atoms with E-state index in [1.807, 2.05) is 0 Å². The summed E-state index contributed by atoms with van der Waals surface area (Å²) in [6.07, 6.45) is 6.64. The number of hydrogen-bond acceptors (Lipinski definition) is 3. The van der Waals surface area contributed by atoms with Crippen LogP contribution in [0, 0.1) is 5.92 Å². The lowest BCUT2D eigenvalue weighted by Gasteiger charge is -2.29. The molecule has 1 aromatic carbocycles. The molecule has 3 heteroatoms. The van der Waals surface area contributed by atoms with Crippen molar-refractivity contribution >= 4 is 0 Å². The van der Waals surface area contributed by atoms with Crippen LogP contribution in [0.1, 0.15) is 43.3 Å². The van der Waals surface area contributed by atoms with Crippen molar-refractivity contribution in [3.05, 3.63) is 47.5 Å². The smallest absolute Gasteiger partial charge is 0.183 e. The Balaban J connectivity index is 1.49. The Kier molecular flexibility index (Phi) is 4.51. The van der Waals surface area contributed by atoms with E-state index in [1.54, 1.807) is 0 Å². The molecule has 1 unspecified atom stereocenters. The molecule has 0 spiro atoms. The van der Waals surface area contributed by atoms with Gasteiger partial charge < -0.3 is 14.2 Å². The van der Waals surface area contributed by atoms with Gasteiger partial charge >= 0.3 is 0 Å². The Morgan fingerprint density at radius 1 is 1.00 bits per heavy atom. The summed E-state index contributed by atoms with van der Waals surface area (Å²) in [6, 6.07) is 8.39. The molecule has 2 aliphatic heterocycles. The van der Waals surface area contributed by atoms with E-state index in [9.17, 15) is 0 Å². The number of benzene rings is 1. The molecule has 0 bridgehead atoms. The lowest BCUT2D eigenvalue weighted by molar-refractivity contribution is -0.205. The molecular formula is C17H22O3. The molecule has 20 heavy (non-hydrogen) atoms. The highest BCUT2D eigenvalue weighted by molar-refractivity contribution is 5.26. The standard InChI is InChI=1S/C17H22O3/c1-2-3-4-5-13-10-19-17(20-11-13)15-8-6-14(7-9-15)16-12-18-16/h2-3,6-9,13,16-17H,4-5,10-12H2,1H3/b3-2+. The number of hydrogen-bond donors (Lipinski definition) is 0. The molecule has 0 radical (unpaired) electrons. The summed E-state index contributed by atoms with van der Waals surface area (Å²) in [5, 5.41) is 0. The van der Waals surface area contributed by atoms with Crippen molar-refractivity contribution in [3.8, 4) is 0 Å². The number of epoxide rings is 1. The van der Waals surface area contributed by atoms with E-state index in [4.69, 9.17) is 14.2 Å². The first kappa shape index (κ1) is 13.8. The minimum atomic E-state index is -0.206. The van der Waals surface area contributed by atoms with Gasteiger partial charge in [0.25, 0.3) is 0 Å². The molecule has 2 saturated heterocycles. The zero-order valence-corrected chi connectivity index (χ0v) is 12.0. The second-order valence-corrected chi connectivity index (χ2v) is 5.50. The second-order valence-electron chi connectivity index (χ2n) is 5.50. The van der Waals surface area contributed by atoms with Crippen LogP contribution in [-0.4, -0.2) is 19.8 Å². The first-order chi connectivity index (χ1) is 9.86. The molecule has 0 N–H and O–H groups in total. The fourth-order valence-electron chi connectivity index (χ4n) is 2.51. The molecule has 1 aromatic rings. The summed E-state index contributed by atoms with van der Waals surface area (Å²) in [5.41, 5.74) is 2.34. The lowest BCUT2D eigenvalue weighted by Crippen LogP contribution is -2.27. The van der Waals surface area contributed by atoms with E-state index in [-0.39, 0.29) is 6.29 Å². The van der Waals surface area contributed by atoms with E-state index in [2.05, 4.69) is 43.3 Å². The van der Waals surface area contributed by atoms with Gasteiger partial charge in [-0.2, -0.15) is 0 Å². The van der Waals surface area contributed by atoms with Gasteiger partial charge in [0.15, 0.2) is 6.29 Å². The fraction of sp³-hybridized carbons (Fsp3) is 0.529. The van der Waals surface area contributed by atoms with Crippen LogP contribution in [0.15, 0.2) is 36.4 Å². The van der Waals surface area contributed by atoms with Crippen LogP contribution in [0.5, 0.6) is 0 Å². The van der Waals surface area contributed by atoms with Crippen molar-refractivity contribution in [3.63, 3.8) is 0 Å². The van der Waals surface area contributed by atoms with Crippen LogP contribution in [0.4, 0.5) is 0 Å². The third-order valence-corrected chi connectivity index (χ3v) is 3.86. The van der Waals surface area contributed by atoms with Gasteiger partial charge in [0.2, 0.25) is 0 Å². The third kappa shape index (κ3) is 3.48.